The van der Waals surface area contributed by atoms with Gasteiger partial charge in [-0.05, 0) is 70.4 Å². The van der Waals surface area contributed by atoms with Crippen LogP contribution in [0.3, 0.4) is 0 Å². The SMILES string of the molecule is Cc1cc(/C=C(\C(=O)O)c2ccc(S(=O)(=O)N3CCCC3)s2)c(C)n1C(C)C. The van der Waals surface area contributed by atoms with E-state index in [9.17, 15) is 18.3 Å². The number of carbonyl (C=O) groups is 1. The molecule has 0 radical (unpaired) electrons. The van der Waals surface area contributed by atoms with Gasteiger partial charge in [0.1, 0.15) is 4.21 Å². The Morgan fingerprint density at radius 1 is 1.21 bits per heavy atom. The maximum atomic E-state index is 12.7. The maximum Gasteiger partial charge on any atom is 0.337 e. The number of hydrogen-bond acceptors (Lipinski definition) is 4. The van der Waals surface area contributed by atoms with Gasteiger partial charge in [0.05, 0.1) is 5.57 Å². The first-order valence-electron chi connectivity index (χ1n) is 9.36. The molecule has 2 aromatic heterocycles. The van der Waals surface area contributed by atoms with Crippen LogP contribution in [0.2, 0.25) is 0 Å². The lowest BCUT2D eigenvalue weighted by Crippen LogP contribution is -2.27. The molecule has 0 aromatic carbocycles. The fourth-order valence-corrected chi connectivity index (χ4v) is 6.78. The predicted molar refractivity (Wildman–Crippen MR) is 112 cm³/mol. The van der Waals surface area contributed by atoms with Crippen LogP contribution in [0.5, 0.6) is 0 Å². The van der Waals surface area contributed by atoms with Gasteiger partial charge in [0.2, 0.25) is 0 Å². The van der Waals surface area contributed by atoms with E-state index in [1.807, 2.05) is 19.9 Å². The largest absolute Gasteiger partial charge is 0.478 e. The molecule has 0 unspecified atom stereocenters. The lowest BCUT2D eigenvalue weighted by molar-refractivity contribution is -0.130. The van der Waals surface area contributed by atoms with Gasteiger partial charge in [-0.2, -0.15) is 4.31 Å². The summed E-state index contributed by atoms with van der Waals surface area (Å²) in [5.41, 5.74) is 3.00. The van der Waals surface area contributed by atoms with Crippen LogP contribution in [-0.2, 0) is 14.8 Å². The van der Waals surface area contributed by atoms with Gasteiger partial charge in [-0.3, -0.25) is 0 Å². The third kappa shape index (κ3) is 3.81. The Morgan fingerprint density at radius 3 is 2.39 bits per heavy atom. The predicted octanol–water partition coefficient (Wildman–Crippen LogP) is 4.16. The summed E-state index contributed by atoms with van der Waals surface area (Å²) in [5.74, 6) is -1.07. The number of aromatic nitrogens is 1. The molecule has 152 valence electrons. The number of hydrogen-bond donors (Lipinski definition) is 1. The van der Waals surface area contributed by atoms with Gasteiger partial charge >= 0.3 is 5.97 Å². The van der Waals surface area contributed by atoms with E-state index in [1.54, 1.807) is 12.1 Å². The van der Waals surface area contributed by atoms with Gasteiger partial charge in [-0.15, -0.1) is 11.3 Å². The molecule has 1 saturated heterocycles. The van der Waals surface area contributed by atoms with Gasteiger partial charge in [-0.1, -0.05) is 0 Å². The fourth-order valence-electron chi connectivity index (χ4n) is 3.80. The summed E-state index contributed by atoms with van der Waals surface area (Å²) in [6.07, 6.45) is 3.37. The minimum Gasteiger partial charge on any atom is -0.478 e. The number of aryl methyl sites for hydroxylation is 1. The summed E-state index contributed by atoms with van der Waals surface area (Å²) in [6, 6.07) is 5.35. The van der Waals surface area contributed by atoms with Crippen LogP contribution in [0.4, 0.5) is 0 Å². The van der Waals surface area contributed by atoms with Crippen molar-refractivity contribution < 1.29 is 18.3 Å². The van der Waals surface area contributed by atoms with Gasteiger partial charge < -0.3 is 9.67 Å². The lowest BCUT2D eigenvalue weighted by atomic mass is 10.1. The van der Waals surface area contributed by atoms with Crippen LogP contribution < -0.4 is 0 Å². The van der Waals surface area contributed by atoms with Crippen molar-refractivity contribution >= 4 is 39.0 Å². The molecule has 0 atom stereocenters. The zero-order valence-electron chi connectivity index (χ0n) is 16.6. The molecule has 8 heteroatoms. The quantitative estimate of drug-likeness (QED) is 0.709. The average molecular weight is 423 g/mol. The van der Waals surface area contributed by atoms with E-state index >= 15 is 0 Å². The van der Waals surface area contributed by atoms with Crippen LogP contribution in [0.15, 0.2) is 22.4 Å². The van der Waals surface area contributed by atoms with Crippen LogP contribution in [0.25, 0.3) is 11.6 Å². The molecule has 3 heterocycles. The second kappa shape index (κ2) is 7.85. The molecular weight excluding hydrogens is 396 g/mol. The lowest BCUT2D eigenvalue weighted by Gasteiger charge is -2.13. The summed E-state index contributed by atoms with van der Waals surface area (Å²) in [7, 11) is -3.54. The second-order valence-corrected chi connectivity index (χ2v) is 10.6. The van der Waals surface area contributed by atoms with Crippen LogP contribution in [0, 0.1) is 13.8 Å². The van der Waals surface area contributed by atoms with Crippen molar-refractivity contribution in [2.75, 3.05) is 13.1 Å². The first-order valence-corrected chi connectivity index (χ1v) is 11.6. The molecule has 0 spiro atoms. The second-order valence-electron chi connectivity index (χ2n) is 7.38. The number of carboxylic acids is 1. The summed E-state index contributed by atoms with van der Waals surface area (Å²) >= 11 is 1.02. The summed E-state index contributed by atoms with van der Waals surface area (Å²) in [4.78, 5) is 12.4. The van der Waals surface area contributed by atoms with Crippen molar-refractivity contribution in [2.45, 2.75) is 50.8 Å². The third-order valence-electron chi connectivity index (χ3n) is 5.08. The van der Waals surface area contributed by atoms with E-state index in [1.165, 1.54) is 10.4 Å². The Morgan fingerprint density at radius 2 is 1.86 bits per heavy atom. The first-order chi connectivity index (χ1) is 13.1. The number of carboxylic acid groups (broad SMARTS) is 1. The highest BCUT2D eigenvalue weighted by atomic mass is 32.2. The van der Waals surface area contributed by atoms with E-state index in [4.69, 9.17) is 0 Å². The van der Waals surface area contributed by atoms with Crippen molar-refractivity contribution in [1.82, 2.24) is 8.87 Å². The minimum absolute atomic E-state index is 0.108. The average Bonchev–Trinajstić information content (AvgIpc) is 3.33. The zero-order chi connectivity index (χ0) is 20.6. The van der Waals surface area contributed by atoms with Gasteiger partial charge in [0.15, 0.2) is 0 Å². The number of thiophene rings is 1. The number of nitrogens with zero attached hydrogens (tertiary/aromatic N) is 2. The summed E-state index contributed by atoms with van der Waals surface area (Å²) < 4.78 is 29.3. The topological polar surface area (TPSA) is 79.6 Å². The van der Waals surface area contributed by atoms with Gasteiger partial charge in [0, 0.05) is 35.4 Å². The van der Waals surface area contributed by atoms with Crippen LogP contribution in [-0.4, -0.2) is 41.5 Å². The first kappa shape index (κ1) is 20.8. The van der Waals surface area contributed by atoms with Crippen molar-refractivity contribution in [3.8, 4) is 0 Å². The molecular formula is C20H26N2O4S2. The number of rotatable bonds is 6. The van der Waals surface area contributed by atoms with Crippen molar-refractivity contribution in [3.05, 3.63) is 40.0 Å². The Kier molecular flexibility index (Phi) is 5.84. The molecule has 2 aromatic rings. The standard InChI is InChI=1S/C20H26N2O4S2/c1-13(2)22-14(3)11-16(15(22)4)12-17(20(23)24)18-7-8-19(27-18)28(25,26)21-9-5-6-10-21/h7-8,11-13H,5-6,9-10H2,1-4H3,(H,23,24)/b17-12-. The smallest absolute Gasteiger partial charge is 0.337 e. The van der Waals surface area contributed by atoms with E-state index in [-0.39, 0.29) is 15.8 Å². The van der Waals surface area contributed by atoms with Crippen molar-refractivity contribution in [2.24, 2.45) is 0 Å². The molecule has 3 rings (SSSR count). The highest BCUT2D eigenvalue weighted by Gasteiger charge is 2.29. The molecule has 0 bridgehead atoms. The molecule has 28 heavy (non-hydrogen) atoms. The molecule has 0 saturated carbocycles. The molecule has 1 fully saturated rings. The van der Waals surface area contributed by atoms with E-state index < -0.39 is 16.0 Å². The molecule has 0 aliphatic carbocycles. The van der Waals surface area contributed by atoms with Gasteiger partial charge in [0.25, 0.3) is 10.0 Å². The molecule has 1 aliphatic heterocycles. The highest BCUT2D eigenvalue weighted by Crippen LogP contribution is 2.33. The van der Waals surface area contributed by atoms with Crippen LogP contribution >= 0.6 is 11.3 Å². The Hall–Kier alpha value is -1.90. The summed E-state index contributed by atoms with van der Waals surface area (Å²) in [5, 5.41) is 9.76. The molecule has 1 aliphatic rings. The third-order valence-corrected chi connectivity index (χ3v) is 8.56. The van der Waals surface area contributed by atoms with Crippen molar-refractivity contribution in [3.63, 3.8) is 0 Å². The Bertz CT molecular complexity index is 1020. The Labute approximate surface area is 170 Å². The Balaban J connectivity index is 2.01. The van der Waals surface area contributed by atoms with Gasteiger partial charge in [-0.25, -0.2) is 13.2 Å². The van der Waals surface area contributed by atoms with Crippen LogP contribution in [0.1, 0.15) is 54.6 Å². The maximum absolute atomic E-state index is 12.7. The monoisotopic (exact) mass is 422 g/mol. The van der Waals surface area contributed by atoms with E-state index in [0.717, 1.165) is 41.1 Å². The number of sulfonamides is 1. The molecule has 0 amide bonds. The zero-order valence-corrected chi connectivity index (χ0v) is 18.2. The number of aliphatic carboxylic acids is 1. The molecule has 1 N–H and O–H groups in total. The summed E-state index contributed by atoms with van der Waals surface area (Å²) in [6.45, 7) is 9.18. The fraction of sp³-hybridized carbons (Fsp3) is 0.450. The molecule has 6 nitrogen and oxygen atoms in total. The minimum atomic E-state index is -3.54. The van der Waals surface area contributed by atoms with E-state index in [2.05, 4.69) is 18.4 Å². The van der Waals surface area contributed by atoms with Crippen molar-refractivity contribution in [1.29, 1.82) is 0 Å². The highest BCUT2D eigenvalue weighted by molar-refractivity contribution is 7.91. The van der Waals surface area contributed by atoms with E-state index in [0.29, 0.717) is 18.0 Å². The normalized spacial score (nSPS) is 16.2.